The van der Waals surface area contributed by atoms with E-state index in [0.717, 1.165) is 0 Å². The van der Waals surface area contributed by atoms with Crippen molar-refractivity contribution in [1.29, 1.82) is 0 Å². The van der Waals surface area contributed by atoms with Gasteiger partial charge < -0.3 is 20.1 Å². The van der Waals surface area contributed by atoms with E-state index in [4.69, 9.17) is 4.74 Å². The lowest BCUT2D eigenvalue weighted by Crippen LogP contribution is -2.36. The molecule has 0 spiro atoms. The summed E-state index contributed by atoms with van der Waals surface area (Å²) in [6.07, 6.45) is 0.699. The number of anilines is 1. The topological polar surface area (TPSA) is 59.6 Å². The van der Waals surface area contributed by atoms with Crippen LogP contribution in [0.3, 0.4) is 0 Å². The largest absolute Gasteiger partial charge is 0.435 e. The first-order valence-electron chi connectivity index (χ1n) is 6.12. The van der Waals surface area contributed by atoms with Crippen LogP contribution in [-0.2, 0) is 4.74 Å². The highest BCUT2D eigenvalue weighted by Gasteiger charge is 2.08. The Morgan fingerprint density at radius 2 is 1.95 bits per heavy atom. The van der Waals surface area contributed by atoms with E-state index in [1.54, 1.807) is 7.11 Å². The third kappa shape index (κ3) is 6.33. The van der Waals surface area contributed by atoms with Crippen molar-refractivity contribution in [3.63, 3.8) is 0 Å². The van der Waals surface area contributed by atoms with Crippen molar-refractivity contribution >= 4 is 11.7 Å². The molecule has 0 saturated carbocycles. The zero-order valence-corrected chi connectivity index (χ0v) is 11.4. The number of hydrogen-bond donors (Lipinski definition) is 2. The first-order chi connectivity index (χ1) is 9.51. The molecule has 0 aromatic heterocycles. The molecule has 0 bridgehead atoms. The van der Waals surface area contributed by atoms with E-state index in [1.165, 1.54) is 24.3 Å². The van der Waals surface area contributed by atoms with Gasteiger partial charge >= 0.3 is 12.6 Å². The van der Waals surface area contributed by atoms with E-state index >= 15 is 0 Å². The molecular formula is C13H18F2N2O3. The molecule has 1 unspecified atom stereocenters. The molecule has 0 heterocycles. The van der Waals surface area contributed by atoms with Crippen LogP contribution in [0.4, 0.5) is 19.3 Å². The molecule has 2 amide bonds. The monoisotopic (exact) mass is 288 g/mol. The number of nitrogens with one attached hydrogen (secondary N) is 2. The van der Waals surface area contributed by atoms with Crippen LogP contribution in [0.25, 0.3) is 0 Å². The van der Waals surface area contributed by atoms with Crippen molar-refractivity contribution in [2.45, 2.75) is 26.0 Å². The molecule has 0 fully saturated rings. The maximum atomic E-state index is 12.0. The second-order valence-electron chi connectivity index (χ2n) is 4.18. The van der Waals surface area contributed by atoms with Crippen molar-refractivity contribution in [2.24, 2.45) is 0 Å². The van der Waals surface area contributed by atoms with Crippen molar-refractivity contribution < 1.29 is 23.0 Å². The summed E-state index contributed by atoms with van der Waals surface area (Å²) >= 11 is 0. The Hall–Kier alpha value is -1.89. The highest BCUT2D eigenvalue weighted by Crippen LogP contribution is 2.17. The van der Waals surface area contributed by atoms with E-state index in [9.17, 15) is 13.6 Å². The molecular weight excluding hydrogens is 270 g/mol. The number of methoxy groups -OCH3 is 1. The molecule has 1 atom stereocenters. The highest BCUT2D eigenvalue weighted by molar-refractivity contribution is 5.89. The Morgan fingerprint density at radius 1 is 1.30 bits per heavy atom. The molecule has 7 heteroatoms. The van der Waals surface area contributed by atoms with Crippen LogP contribution in [0.5, 0.6) is 5.75 Å². The van der Waals surface area contributed by atoms with Gasteiger partial charge in [0.2, 0.25) is 0 Å². The number of ether oxygens (including phenoxy) is 2. The normalized spacial score (nSPS) is 12.1. The molecule has 5 nitrogen and oxygen atoms in total. The Labute approximate surface area is 116 Å². The lowest BCUT2D eigenvalue weighted by molar-refractivity contribution is -0.0498. The maximum absolute atomic E-state index is 12.0. The zero-order valence-electron chi connectivity index (χ0n) is 11.4. The molecule has 2 N–H and O–H groups in total. The number of benzene rings is 1. The highest BCUT2D eigenvalue weighted by atomic mass is 19.3. The summed E-state index contributed by atoms with van der Waals surface area (Å²) in [7, 11) is 1.59. The Kier molecular flexibility index (Phi) is 6.72. The van der Waals surface area contributed by atoms with Crippen LogP contribution in [0.1, 0.15) is 13.3 Å². The van der Waals surface area contributed by atoms with E-state index in [1.807, 2.05) is 6.92 Å². The minimum Gasteiger partial charge on any atom is -0.435 e. The molecule has 0 aliphatic rings. The molecule has 0 radical (unpaired) electrons. The Morgan fingerprint density at radius 3 is 2.50 bits per heavy atom. The number of rotatable bonds is 7. The molecule has 1 rings (SSSR count). The molecule has 0 saturated heterocycles. The van der Waals surface area contributed by atoms with Crippen molar-refractivity contribution in [3.05, 3.63) is 24.3 Å². The molecule has 0 aliphatic heterocycles. The second kappa shape index (κ2) is 8.31. The predicted molar refractivity (Wildman–Crippen MR) is 71.2 cm³/mol. The van der Waals surface area contributed by atoms with Crippen molar-refractivity contribution in [1.82, 2.24) is 5.32 Å². The summed E-state index contributed by atoms with van der Waals surface area (Å²) in [4.78, 5) is 11.6. The summed E-state index contributed by atoms with van der Waals surface area (Å²) in [5.41, 5.74) is 0.489. The van der Waals surface area contributed by atoms with Gasteiger partial charge in [0.1, 0.15) is 5.75 Å². The van der Waals surface area contributed by atoms with Crippen LogP contribution < -0.4 is 15.4 Å². The zero-order chi connectivity index (χ0) is 15.0. The van der Waals surface area contributed by atoms with Crippen LogP contribution in [0.15, 0.2) is 24.3 Å². The quantitative estimate of drug-likeness (QED) is 0.811. The van der Waals surface area contributed by atoms with Gasteiger partial charge in [0.15, 0.2) is 0 Å². The van der Waals surface area contributed by atoms with Crippen LogP contribution in [0, 0.1) is 0 Å². The molecule has 1 aromatic rings. The molecule has 20 heavy (non-hydrogen) atoms. The number of hydrogen-bond acceptors (Lipinski definition) is 3. The van der Waals surface area contributed by atoms with Crippen molar-refractivity contribution in [2.75, 3.05) is 19.0 Å². The summed E-state index contributed by atoms with van der Waals surface area (Å²) in [5, 5.41) is 5.32. The fourth-order valence-electron chi connectivity index (χ4n) is 1.48. The van der Waals surface area contributed by atoms with E-state index < -0.39 is 6.61 Å². The van der Waals surface area contributed by atoms with Gasteiger partial charge in [-0.3, -0.25) is 0 Å². The van der Waals surface area contributed by atoms with Crippen LogP contribution in [-0.4, -0.2) is 32.4 Å². The number of carbonyl (C=O) groups excluding carboxylic acids is 1. The number of halogens is 2. The average molecular weight is 288 g/mol. The van der Waals surface area contributed by atoms with Gasteiger partial charge in [-0.05, 0) is 37.6 Å². The summed E-state index contributed by atoms with van der Waals surface area (Å²) in [5.74, 6) is 0.0411. The summed E-state index contributed by atoms with van der Waals surface area (Å²) in [6.45, 7) is -0.446. The fraction of sp³-hybridized carbons (Fsp3) is 0.462. The van der Waals surface area contributed by atoms with Crippen LogP contribution >= 0.6 is 0 Å². The number of urea groups is 1. The maximum Gasteiger partial charge on any atom is 0.387 e. The standard InChI is InChI=1S/C13H18F2N2O3/c1-9(7-8-19-2)16-13(18)17-10-3-5-11(6-4-10)20-12(14)15/h3-6,9,12H,7-8H2,1-2H3,(H2,16,17,18). The molecule has 112 valence electrons. The Bertz CT molecular complexity index is 413. The fourth-order valence-corrected chi connectivity index (χ4v) is 1.48. The van der Waals surface area contributed by atoms with Gasteiger partial charge in [0.25, 0.3) is 0 Å². The van der Waals surface area contributed by atoms with Gasteiger partial charge in [-0.15, -0.1) is 0 Å². The minimum atomic E-state index is -2.86. The third-order valence-electron chi connectivity index (χ3n) is 2.47. The molecule has 1 aromatic carbocycles. The number of alkyl halides is 2. The van der Waals surface area contributed by atoms with Gasteiger partial charge in [0, 0.05) is 25.4 Å². The van der Waals surface area contributed by atoms with E-state index in [-0.39, 0.29) is 17.8 Å². The first-order valence-corrected chi connectivity index (χ1v) is 6.12. The number of carbonyl (C=O) groups is 1. The van der Waals surface area contributed by atoms with Crippen LogP contribution in [0.2, 0.25) is 0 Å². The molecule has 0 aliphatic carbocycles. The SMILES string of the molecule is COCCC(C)NC(=O)Nc1ccc(OC(F)F)cc1. The van der Waals surface area contributed by atoms with Crippen molar-refractivity contribution in [3.8, 4) is 5.75 Å². The lowest BCUT2D eigenvalue weighted by atomic mass is 10.2. The Balaban J connectivity index is 2.41. The third-order valence-corrected chi connectivity index (χ3v) is 2.47. The van der Waals surface area contributed by atoms with Gasteiger partial charge in [0.05, 0.1) is 0 Å². The predicted octanol–water partition coefficient (Wildman–Crippen LogP) is 2.83. The summed E-state index contributed by atoms with van der Waals surface area (Å²) in [6, 6.07) is 5.29. The summed E-state index contributed by atoms with van der Waals surface area (Å²) < 4.78 is 33.0. The smallest absolute Gasteiger partial charge is 0.387 e. The lowest BCUT2D eigenvalue weighted by Gasteiger charge is -2.14. The van der Waals surface area contributed by atoms with E-state index in [0.29, 0.717) is 18.7 Å². The number of amides is 2. The van der Waals surface area contributed by atoms with Gasteiger partial charge in [-0.25, -0.2) is 4.79 Å². The first kappa shape index (κ1) is 16.2. The minimum absolute atomic E-state index is 0.0311. The van der Waals surface area contributed by atoms with Gasteiger partial charge in [-0.2, -0.15) is 8.78 Å². The second-order valence-corrected chi connectivity index (χ2v) is 4.18. The van der Waals surface area contributed by atoms with E-state index in [2.05, 4.69) is 15.4 Å². The average Bonchev–Trinajstić information content (AvgIpc) is 2.38. The van der Waals surface area contributed by atoms with Gasteiger partial charge in [-0.1, -0.05) is 0 Å².